The Kier molecular flexibility index (Phi) is 6.91. The van der Waals surface area contributed by atoms with Crippen LogP contribution in [0.25, 0.3) is 11.4 Å². The number of nitrogens with zero attached hydrogens (tertiary/aromatic N) is 3. The van der Waals surface area contributed by atoms with E-state index in [0.29, 0.717) is 37.4 Å². The third kappa shape index (κ3) is 5.01. The normalized spacial score (nSPS) is 10.8. The molecular weight excluding hydrogens is 320 g/mol. The summed E-state index contributed by atoms with van der Waals surface area (Å²) in [6, 6.07) is 3.60. The summed E-state index contributed by atoms with van der Waals surface area (Å²) in [5.41, 5.74) is 1.20. The van der Waals surface area contributed by atoms with Crippen LogP contribution in [0.5, 0.6) is 0 Å². The van der Waals surface area contributed by atoms with Crippen molar-refractivity contribution in [3.05, 3.63) is 34.1 Å². The second-order valence-electron chi connectivity index (χ2n) is 6.06. The minimum atomic E-state index is -0.119. The fourth-order valence-electron chi connectivity index (χ4n) is 2.52. The first-order valence-electron chi connectivity index (χ1n) is 8.86. The molecule has 0 aliphatic rings. The van der Waals surface area contributed by atoms with Gasteiger partial charge in [0.2, 0.25) is 17.6 Å². The third-order valence-electron chi connectivity index (χ3n) is 3.97. The molecule has 0 aliphatic carbocycles. The van der Waals surface area contributed by atoms with Crippen molar-refractivity contribution in [2.24, 2.45) is 0 Å². The largest absolute Gasteiger partial charge is 0.356 e. The number of carbonyl (C=O) groups excluding carboxylic acids is 1. The van der Waals surface area contributed by atoms with Crippen molar-refractivity contribution in [3.63, 3.8) is 0 Å². The van der Waals surface area contributed by atoms with Gasteiger partial charge in [-0.1, -0.05) is 25.4 Å². The van der Waals surface area contributed by atoms with Crippen LogP contribution in [0, 0.1) is 6.92 Å². The van der Waals surface area contributed by atoms with Crippen molar-refractivity contribution in [1.29, 1.82) is 0 Å². The van der Waals surface area contributed by atoms with Crippen LogP contribution in [0.1, 0.15) is 51.1 Å². The van der Waals surface area contributed by atoms with Crippen LogP contribution >= 0.6 is 0 Å². The zero-order valence-corrected chi connectivity index (χ0v) is 15.2. The van der Waals surface area contributed by atoms with Gasteiger partial charge < -0.3 is 14.4 Å². The molecule has 7 nitrogen and oxygen atoms in total. The first-order chi connectivity index (χ1) is 12.1. The lowest BCUT2D eigenvalue weighted by Crippen LogP contribution is -2.24. The maximum absolute atomic E-state index is 12.6. The topological polar surface area (TPSA) is 90.0 Å². The molecule has 1 N–H and O–H groups in total. The summed E-state index contributed by atoms with van der Waals surface area (Å²) in [6.07, 6.45) is 3.53. The highest BCUT2D eigenvalue weighted by molar-refractivity contribution is 5.75. The van der Waals surface area contributed by atoms with Crippen LogP contribution in [0.2, 0.25) is 0 Å². The fraction of sp³-hybridized carbons (Fsp3) is 0.556. The molecule has 7 heteroatoms. The lowest BCUT2D eigenvalue weighted by Gasteiger charge is -2.09. The van der Waals surface area contributed by atoms with Gasteiger partial charge in [-0.05, 0) is 31.9 Å². The molecule has 0 unspecified atom stereocenters. The maximum atomic E-state index is 12.6. The molecule has 0 saturated heterocycles. The average molecular weight is 346 g/mol. The summed E-state index contributed by atoms with van der Waals surface area (Å²) in [7, 11) is 0. The Hall–Kier alpha value is -2.44. The van der Waals surface area contributed by atoms with Crippen molar-refractivity contribution in [2.75, 3.05) is 6.54 Å². The SMILES string of the molecule is CCCCNC(=O)CCc1nc(-c2ccc(C)n(CCC)c2=O)no1. The molecule has 0 aliphatic heterocycles. The minimum Gasteiger partial charge on any atom is -0.356 e. The molecule has 136 valence electrons. The molecule has 0 atom stereocenters. The van der Waals surface area contributed by atoms with Crippen LogP contribution in [-0.4, -0.2) is 27.2 Å². The molecule has 0 saturated carbocycles. The standard InChI is InChI=1S/C18H26N4O3/c1-4-6-11-19-15(23)9-10-16-20-17(21-25-16)14-8-7-13(3)22(12-5-2)18(14)24/h7-8H,4-6,9-12H2,1-3H3,(H,19,23). The van der Waals surface area contributed by atoms with Gasteiger partial charge in [-0.2, -0.15) is 4.98 Å². The predicted octanol–water partition coefficient (Wildman–Crippen LogP) is 2.47. The van der Waals surface area contributed by atoms with Crippen molar-refractivity contribution < 1.29 is 9.32 Å². The zero-order chi connectivity index (χ0) is 18.2. The number of nitrogens with one attached hydrogen (secondary N) is 1. The van der Waals surface area contributed by atoms with Gasteiger partial charge in [-0.15, -0.1) is 0 Å². The smallest absolute Gasteiger partial charge is 0.261 e. The van der Waals surface area contributed by atoms with Gasteiger partial charge in [0.25, 0.3) is 5.56 Å². The Bertz CT molecular complexity index is 764. The number of hydrogen-bond acceptors (Lipinski definition) is 5. The van der Waals surface area contributed by atoms with E-state index in [9.17, 15) is 9.59 Å². The Balaban J connectivity index is 2.05. The number of rotatable bonds is 9. The van der Waals surface area contributed by atoms with Crippen molar-refractivity contribution in [1.82, 2.24) is 20.0 Å². The fourth-order valence-corrected chi connectivity index (χ4v) is 2.52. The summed E-state index contributed by atoms with van der Waals surface area (Å²) < 4.78 is 6.91. The molecule has 0 bridgehead atoms. The second-order valence-corrected chi connectivity index (χ2v) is 6.06. The van der Waals surface area contributed by atoms with Crippen LogP contribution < -0.4 is 10.9 Å². The highest BCUT2D eigenvalue weighted by Crippen LogP contribution is 2.13. The monoisotopic (exact) mass is 346 g/mol. The molecule has 1 amide bonds. The first kappa shape index (κ1) is 18.9. The Morgan fingerprint density at radius 2 is 2.08 bits per heavy atom. The van der Waals surface area contributed by atoms with Gasteiger partial charge in [0.1, 0.15) is 0 Å². The molecule has 0 aromatic carbocycles. The van der Waals surface area contributed by atoms with Crippen molar-refractivity contribution in [2.45, 2.75) is 59.4 Å². The first-order valence-corrected chi connectivity index (χ1v) is 8.86. The van der Waals surface area contributed by atoms with Gasteiger partial charge in [-0.25, -0.2) is 0 Å². The maximum Gasteiger partial charge on any atom is 0.261 e. The summed E-state index contributed by atoms with van der Waals surface area (Å²) in [6.45, 7) is 7.34. The lowest BCUT2D eigenvalue weighted by atomic mass is 10.2. The lowest BCUT2D eigenvalue weighted by molar-refractivity contribution is -0.121. The summed E-state index contributed by atoms with van der Waals surface area (Å²) >= 11 is 0. The van der Waals surface area contributed by atoms with Gasteiger partial charge in [0.05, 0.1) is 5.56 Å². The van der Waals surface area contributed by atoms with Crippen LogP contribution in [0.4, 0.5) is 0 Å². The van der Waals surface area contributed by atoms with E-state index in [4.69, 9.17) is 4.52 Å². The number of amides is 1. The highest BCUT2D eigenvalue weighted by Gasteiger charge is 2.15. The number of hydrogen-bond donors (Lipinski definition) is 1. The summed E-state index contributed by atoms with van der Waals surface area (Å²) in [5, 5.41) is 6.75. The Morgan fingerprint density at radius 3 is 2.80 bits per heavy atom. The quantitative estimate of drug-likeness (QED) is 0.705. The predicted molar refractivity (Wildman–Crippen MR) is 95.3 cm³/mol. The molecular formula is C18H26N4O3. The van der Waals surface area contributed by atoms with E-state index < -0.39 is 0 Å². The van der Waals surface area contributed by atoms with Gasteiger partial charge in [-0.3, -0.25) is 9.59 Å². The minimum absolute atomic E-state index is 0.0335. The van der Waals surface area contributed by atoms with E-state index in [1.165, 1.54) is 0 Å². The van der Waals surface area contributed by atoms with E-state index in [1.54, 1.807) is 10.6 Å². The van der Waals surface area contributed by atoms with Gasteiger partial charge >= 0.3 is 0 Å². The van der Waals surface area contributed by atoms with Crippen LogP contribution in [0.3, 0.4) is 0 Å². The molecule has 2 heterocycles. The summed E-state index contributed by atoms with van der Waals surface area (Å²) in [4.78, 5) is 28.6. The van der Waals surface area contributed by atoms with Crippen LogP contribution in [-0.2, 0) is 17.8 Å². The van der Waals surface area contributed by atoms with Crippen molar-refractivity contribution >= 4 is 5.91 Å². The number of pyridine rings is 1. The van der Waals surface area contributed by atoms with Crippen molar-refractivity contribution in [3.8, 4) is 11.4 Å². The molecule has 2 rings (SSSR count). The third-order valence-corrected chi connectivity index (χ3v) is 3.97. The number of unbranched alkanes of at least 4 members (excludes halogenated alkanes) is 1. The molecule has 0 radical (unpaired) electrons. The highest BCUT2D eigenvalue weighted by atomic mass is 16.5. The molecule has 2 aromatic heterocycles. The second kappa shape index (κ2) is 9.15. The Labute approximate surface area is 147 Å². The molecule has 0 fully saturated rings. The van der Waals surface area contributed by atoms with Crippen LogP contribution in [0.15, 0.2) is 21.5 Å². The Morgan fingerprint density at radius 1 is 1.28 bits per heavy atom. The zero-order valence-electron chi connectivity index (χ0n) is 15.2. The average Bonchev–Trinajstić information content (AvgIpc) is 3.06. The number of aryl methyl sites for hydroxylation is 2. The van der Waals surface area contributed by atoms with E-state index >= 15 is 0 Å². The van der Waals surface area contributed by atoms with E-state index in [2.05, 4.69) is 22.4 Å². The molecule has 0 spiro atoms. The molecule has 2 aromatic rings. The van der Waals surface area contributed by atoms with Gasteiger partial charge in [0, 0.05) is 31.6 Å². The van der Waals surface area contributed by atoms with E-state index in [1.807, 2.05) is 19.9 Å². The number of carbonyl (C=O) groups is 1. The number of aromatic nitrogens is 3. The summed E-state index contributed by atoms with van der Waals surface area (Å²) in [5.74, 6) is 0.604. The van der Waals surface area contributed by atoms with Gasteiger partial charge in [0.15, 0.2) is 0 Å². The van der Waals surface area contributed by atoms with E-state index in [-0.39, 0.29) is 17.3 Å². The van der Waals surface area contributed by atoms with E-state index in [0.717, 1.165) is 25.0 Å². The molecule has 25 heavy (non-hydrogen) atoms.